The number of nitrogens with two attached hydrogens (primary N) is 1. The molecule has 30 heavy (non-hydrogen) atoms. The number of hydrogen-bond donors (Lipinski definition) is 4. The molecule has 0 radical (unpaired) electrons. The van der Waals surface area contributed by atoms with E-state index < -0.39 is 16.1 Å². The molecule has 0 aromatic heterocycles. The molecule has 2 heterocycles. The average Bonchev–Trinajstić information content (AvgIpc) is 3.16. The van der Waals surface area contributed by atoms with E-state index in [9.17, 15) is 13.2 Å². The van der Waals surface area contributed by atoms with E-state index in [1.165, 1.54) is 17.0 Å². The van der Waals surface area contributed by atoms with E-state index in [1.807, 2.05) is 6.07 Å². The van der Waals surface area contributed by atoms with Crippen LogP contribution in [0.15, 0.2) is 35.2 Å². The highest BCUT2D eigenvalue weighted by Gasteiger charge is 2.36. The fraction of sp³-hybridized carbons (Fsp3) is 0.316. The Bertz CT molecular complexity index is 1090. The quantitative estimate of drug-likeness (QED) is 0.518. The molecule has 0 spiro atoms. The van der Waals surface area contributed by atoms with Crippen molar-refractivity contribution in [2.45, 2.75) is 17.5 Å². The number of hydrogen-bond acceptors (Lipinski definition) is 7. The number of ether oxygens (including phenoxy) is 3. The number of amides is 2. The van der Waals surface area contributed by atoms with E-state index in [0.29, 0.717) is 22.9 Å². The number of quaternary nitrogens is 1. The summed E-state index contributed by atoms with van der Waals surface area (Å²) in [5, 5.41) is 3.45. The van der Waals surface area contributed by atoms with Gasteiger partial charge >= 0.3 is 6.03 Å². The number of primary amides is 1. The monoisotopic (exact) mass is 435 g/mol. The summed E-state index contributed by atoms with van der Waals surface area (Å²) in [7, 11) is -0.323. The SMILES string of the molecule is COc1c2c(cc3c1[C@H](Nc1ccc(S(=O)(=O)NC(N)=O)cc1)[NH+](C)CC3)OCO2. The third-order valence-electron chi connectivity index (χ3n) is 5.23. The largest absolute Gasteiger partial charge is 0.492 e. The maximum Gasteiger partial charge on any atom is 0.326 e. The number of sulfonamides is 1. The number of rotatable bonds is 5. The predicted octanol–water partition coefficient (Wildman–Crippen LogP) is -0.0376. The molecule has 2 aliphatic rings. The molecule has 10 nitrogen and oxygen atoms in total. The van der Waals surface area contributed by atoms with E-state index in [-0.39, 0.29) is 17.9 Å². The van der Waals surface area contributed by atoms with E-state index in [2.05, 4.69) is 12.4 Å². The normalized spacial score (nSPS) is 19.7. The molecule has 11 heteroatoms. The summed E-state index contributed by atoms with van der Waals surface area (Å²) in [5.41, 5.74) is 7.73. The number of likely N-dealkylation sites (N-methyl/N-ethyl adjacent to an activating group) is 1. The van der Waals surface area contributed by atoms with Gasteiger partial charge in [0.1, 0.15) is 0 Å². The second-order valence-corrected chi connectivity index (χ2v) is 8.82. The summed E-state index contributed by atoms with van der Waals surface area (Å²) in [6, 6.07) is 6.94. The summed E-state index contributed by atoms with van der Waals surface area (Å²) >= 11 is 0. The van der Waals surface area contributed by atoms with E-state index in [1.54, 1.807) is 24.0 Å². The highest BCUT2D eigenvalue weighted by Crippen LogP contribution is 2.47. The van der Waals surface area contributed by atoms with Gasteiger partial charge in [-0.05, 0) is 35.9 Å². The third kappa shape index (κ3) is 3.57. The van der Waals surface area contributed by atoms with Crippen LogP contribution in [0.5, 0.6) is 17.2 Å². The minimum Gasteiger partial charge on any atom is -0.492 e. The number of benzene rings is 2. The topological polar surface area (TPSA) is 133 Å². The Balaban J connectivity index is 1.66. The average molecular weight is 435 g/mol. The molecule has 2 atom stereocenters. The Hall–Kier alpha value is -3.18. The van der Waals surface area contributed by atoms with Gasteiger partial charge in [0, 0.05) is 12.1 Å². The van der Waals surface area contributed by atoms with E-state index >= 15 is 0 Å². The van der Waals surface area contributed by atoms with Crippen LogP contribution in [0.1, 0.15) is 17.3 Å². The Morgan fingerprint density at radius 1 is 1.27 bits per heavy atom. The van der Waals surface area contributed by atoms with Crippen LogP contribution in [0.3, 0.4) is 0 Å². The van der Waals surface area contributed by atoms with Crippen LogP contribution in [-0.2, 0) is 16.4 Å². The van der Waals surface area contributed by atoms with Crippen LogP contribution in [0.2, 0.25) is 0 Å². The lowest BCUT2D eigenvalue weighted by molar-refractivity contribution is -0.910. The summed E-state index contributed by atoms with van der Waals surface area (Å²) in [5.74, 6) is 1.92. The van der Waals surface area contributed by atoms with Crippen LogP contribution in [-0.4, -0.2) is 41.9 Å². The molecule has 2 aromatic carbocycles. The first-order valence-electron chi connectivity index (χ1n) is 9.30. The molecule has 4 rings (SSSR count). The Morgan fingerprint density at radius 3 is 2.67 bits per heavy atom. The summed E-state index contributed by atoms with van der Waals surface area (Å²) in [6.45, 7) is 1.05. The standard InChI is InChI=1S/C19H22N4O6S/c1-23-8-7-11-9-14-16(29-10-28-14)17(27-2)15(11)18(23)21-12-3-5-13(6-4-12)30(25,26)22-19(20)24/h3-6,9,18,21H,7-8,10H2,1-2H3,(H3,20,22,24)/p+1/t18-/m1/s1. The second-order valence-electron chi connectivity index (χ2n) is 7.13. The highest BCUT2D eigenvalue weighted by atomic mass is 32.2. The van der Waals surface area contributed by atoms with E-state index in [0.717, 1.165) is 24.1 Å². The first kappa shape index (κ1) is 20.1. The van der Waals surface area contributed by atoms with Crippen molar-refractivity contribution in [2.24, 2.45) is 5.73 Å². The van der Waals surface area contributed by atoms with Crippen molar-refractivity contribution in [3.63, 3.8) is 0 Å². The lowest BCUT2D eigenvalue weighted by atomic mass is 9.94. The maximum atomic E-state index is 12.1. The number of urea groups is 1. The van der Waals surface area contributed by atoms with Crippen molar-refractivity contribution < 1.29 is 32.3 Å². The van der Waals surface area contributed by atoms with Crippen LogP contribution < -0.4 is 34.9 Å². The minimum atomic E-state index is -3.99. The molecule has 2 aliphatic heterocycles. The van der Waals surface area contributed by atoms with Gasteiger partial charge in [-0.1, -0.05) is 0 Å². The molecule has 5 N–H and O–H groups in total. The molecular weight excluding hydrogens is 412 g/mol. The Labute approximate surface area is 173 Å². The van der Waals surface area contributed by atoms with Gasteiger partial charge < -0.3 is 30.2 Å². The minimum absolute atomic E-state index is 0.0578. The zero-order valence-corrected chi connectivity index (χ0v) is 17.3. The van der Waals surface area contributed by atoms with Gasteiger partial charge in [-0.15, -0.1) is 0 Å². The Morgan fingerprint density at radius 2 is 2.00 bits per heavy atom. The highest BCUT2D eigenvalue weighted by molar-refractivity contribution is 7.90. The van der Waals surface area contributed by atoms with Gasteiger partial charge in [0.2, 0.25) is 12.5 Å². The van der Waals surface area contributed by atoms with Gasteiger partial charge in [0.25, 0.3) is 10.0 Å². The summed E-state index contributed by atoms with van der Waals surface area (Å²) < 4.78 is 42.7. The third-order valence-corrected chi connectivity index (χ3v) is 6.59. The summed E-state index contributed by atoms with van der Waals surface area (Å²) in [4.78, 5) is 12.1. The van der Waals surface area contributed by atoms with E-state index in [4.69, 9.17) is 19.9 Å². The zero-order chi connectivity index (χ0) is 21.5. The fourth-order valence-corrected chi connectivity index (χ4v) is 4.69. The van der Waals surface area contributed by atoms with Gasteiger partial charge in [-0.2, -0.15) is 0 Å². The Kier molecular flexibility index (Phi) is 5.08. The molecule has 2 aromatic rings. The van der Waals surface area contributed by atoms with Gasteiger partial charge in [-0.3, -0.25) is 0 Å². The van der Waals surface area contributed by atoms with Gasteiger partial charge in [0.05, 0.1) is 31.2 Å². The lowest BCUT2D eigenvalue weighted by Crippen LogP contribution is -3.11. The van der Waals surface area contributed by atoms with Gasteiger partial charge in [0.15, 0.2) is 17.7 Å². The molecule has 0 saturated carbocycles. The van der Waals surface area contributed by atoms with Gasteiger partial charge in [-0.25, -0.2) is 17.9 Å². The van der Waals surface area contributed by atoms with Crippen molar-refractivity contribution in [1.29, 1.82) is 0 Å². The number of carbonyl (C=O) groups is 1. The molecule has 0 saturated heterocycles. The van der Waals surface area contributed by atoms with Crippen molar-refractivity contribution in [3.8, 4) is 17.2 Å². The van der Waals surface area contributed by atoms with Crippen LogP contribution in [0.4, 0.5) is 10.5 Å². The molecule has 160 valence electrons. The summed E-state index contributed by atoms with van der Waals surface area (Å²) in [6.07, 6.45) is 0.715. The fourth-order valence-electron chi connectivity index (χ4n) is 3.81. The molecule has 1 unspecified atom stereocenters. The molecular formula is C19H23N4O6S+. The number of carbonyl (C=O) groups excluding carboxylic acids is 1. The lowest BCUT2D eigenvalue weighted by Gasteiger charge is -2.33. The van der Waals surface area contributed by atoms with Crippen molar-refractivity contribution in [1.82, 2.24) is 4.72 Å². The first-order chi connectivity index (χ1) is 14.3. The number of nitrogens with one attached hydrogen (secondary N) is 3. The van der Waals surface area contributed by atoms with Crippen LogP contribution in [0, 0.1) is 0 Å². The van der Waals surface area contributed by atoms with Crippen molar-refractivity contribution in [3.05, 3.63) is 41.5 Å². The van der Waals surface area contributed by atoms with Crippen molar-refractivity contribution >= 4 is 21.7 Å². The zero-order valence-electron chi connectivity index (χ0n) is 16.5. The molecule has 0 bridgehead atoms. The molecule has 2 amide bonds. The van der Waals surface area contributed by atoms with Crippen molar-refractivity contribution in [2.75, 3.05) is 32.8 Å². The second kappa shape index (κ2) is 7.58. The maximum absolute atomic E-state index is 12.1. The number of fused-ring (bicyclic) bond motifs is 2. The first-order valence-corrected chi connectivity index (χ1v) is 10.8. The number of anilines is 1. The molecule has 0 fully saturated rings. The molecule has 0 aliphatic carbocycles. The number of methoxy groups -OCH3 is 1. The van der Waals surface area contributed by atoms with Crippen LogP contribution in [0.25, 0.3) is 0 Å². The predicted molar refractivity (Wildman–Crippen MR) is 107 cm³/mol. The smallest absolute Gasteiger partial charge is 0.326 e. The van der Waals surface area contributed by atoms with Crippen LogP contribution >= 0.6 is 0 Å².